The van der Waals surface area contributed by atoms with Crippen molar-refractivity contribution in [3.8, 4) is 0 Å². The van der Waals surface area contributed by atoms with Gasteiger partial charge in [-0.1, -0.05) is 42.5 Å². The van der Waals surface area contributed by atoms with Crippen LogP contribution in [0, 0.1) is 0 Å². The van der Waals surface area contributed by atoms with Gasteiger partial charge in [-0.25, -0.2) is 0 Å². The first-order valence-electron chi connectivity index (χ1n) is 6.85. The van der Waals surface area contributed by atoms with Crippen molar-refractivity contribution < 1.29 is 9.47 Å². The van der Waals surface area contributed by atoms with Crippen LogP contribution in [-0.2, 0) is 9.47 Å². The van der Waals surface area contributed by atoms with E-state index in [1.807, 2.05) is 6.07 Å². The molecule has 96 valence electrons. The molecule has 0 aliphatic carbocycles. The topological polar surface area (TPSA) is 25.1 Å². The van der Waals surface area contributed by atoms with Crippen molar-refractivity contribution in [2.75, 3.05) is 0 Å². The van der Waals surface area contributed by atoms with E-state index in [-0.39, 0.29) is 0 Å². The van der Waals surface area contributed by atoms with Crippen molar-refractivity contribution in [2.45, 2.75) is 50.6 Å². The summed E-state index contributed by atoms with van der Waals surface area (Å²) in [5, 5.41) is 0. The number of rotatable bonds is 6. The van der Waals surface area contributed by atoms with Crippen molar-refractivity contribution >= 4 is 0 Å². The summed E-state index contributed by atoms with van der Waals surface area (Å²) in [6, 6.07) is 10.5. The summed E-state index contributed by atoms with van der Waals surface area (Å²) in [6.45, 7) is 2.06. The largest absolute Gasteiger partial charge is 0.369 e. The maximum Gasteiger partial charge on any atom is 0.109 e. The zero-order valence-electron chi connectivity index (χ0n) is 10.8. The Balaban J connectivity index is 1.40. The molecule has 2 aliphatic heterocycles. The van der Waals surface area contributed by atoms with Crippen LogP contribution >= 0.6 is 0 Å². The van der Waals surface area contributed by atoms with E-state index in [9.17, 15) is 0 Å². The van der Waals surface area contributed by atoms with Crippen molar-refractivity contribution in [2.24, 2.45) is 0 Å². The Hall–Kier alpha value is -1.12. The van der Waals surface area contributed by atoms with E-state index in [4.69, 9.17) is 9.47 Å². The van der Waals surface area contributed by atoms with Crippen LogP contribution in [0.4, 0.5) is 0 Å². The van der Waals surface area contributed by atoms with Gasteiger partial charge in [0.05, 0.1) is 18.3 Å². The summed E-state index contributed by atoms with van der Waals surface area (Å²) < 4.78 is 11.4. The van der Waals surface area contributed by atoms with E-state index in [1.54, 1.807) is 0 Å². The van der Waals surface area contributed by atoms with Gasteiger partial charge in [-0.2, -0.15) is 0 Å². The summed E-state index contributed by atoms with van der Waals surface area (Å²) in [7, 11) is 0. The Kier molecular flexibility index (Phi) is 3.48. The molecule has 2 nitrogen and oxygen atoms in total. The van der Waals surface area contributed by atoms with Gasteiger partial charge in [0, 0.05) is 6.42 Å². The lowest BCUT2D eigenvalue weighted by Crippen LogP contribution is -1.99. The molecule has 2 saturated heterocycles. The van der Waals surface area contributed by atoms with Gasteiger partial charge >= 0.3 is 0 Å². The standard InChI is InChI=1S/C16H20O2/c1-2-3-5-10-13-14(17-13)11-15-16(18-15)12-8-6-4-7-9-12/h2-4,6-9,13-16H,5,10-11H2,1H3. The molecule has 0 aromatic heterocycles. The normalized spacial score (nSPS) is 33.8. The third kappa shape index (κ3) is 2.82. The van der Waals surface area contributed by atoms with Crippen LogP contribution in [-0.4, -0.2) is 18.3 Å². The van der Waals surface area contributed by atoms with Crippen LogP contribution in [0.15, 0.2) is 42.5 Å². The molecule has 0 radical (unpaired) electrons. The molecule has 1 aromatic carbocycles. The maximum absolute atomic E-state index is 5.73. The number of hydrogen-bond acceptors (Lipinski definition) is 2. The lowest BCUT2D eigenvalue weighted by Gasteiger charge is -1.94. The average Bonchev–Trinajstić information content (AvgIpc) is 3.30. The van der Waals surface area contributed by atoms with Crippen molar-refractivity contribution in [3.63, 3.8) is 0 Å². The molecule has 2 heteroatoms. The molecule has 2 aliphatic rings. The molecule has 18 heavy (non-hydrogen) atoms. The second-order valence-corrected chi connectivity index (χ2v) is 5.10. The predicted molar refractivity (Wildman–Crippen MR) is 71.4 cm³/mol. The fourth-order valence-corrected chi connectivity index (χ4v) is 2.55. The third-order valence-corrected chi connectivity index (χ3v) is 3.72. The number of benzene rings is 1. The van der Waals surface area contributed by atoms with Crippen molar-refractivity contribution in [1.82, 2.24) is 0 Å². The minimum atomic E-state index is 0.312. The summed E-state index contributed by atoms with van der Waals surface area (Å²) in [5.74, 6) is 0. The van der Waals surface area contributed by atoms with E-state index in [0.29, 0.717) is 24.4 Å². The zero-order valence-corrected chi connectivity index (χ0v) is 10.8. The molecule has 0 amide bonds. The molecule has 0 spiro atoms. The van der Waals surface area contributed by atoms with Gasteiger partial charge in [0.25, 0.3) is 0 Å². The smallest absolute Gasteiger partial charge is 0.109 e. The minimum Gasteiger partial charge on any atom is -0.369 e. The molecule has 2 fully saturated rings. The first-order valence-corrected chi connectivity index (χ1v) is 6.85. The van der Waals surface area contributed by atoms with Gasteiger partial charge in [0.2, 0.25) is 0 Å². The first kappa shape index (κ1) is 11.9. The number of allylic oxidation sites excluding steroid dienone is 2. The van der Waals surface area contributed by atoms with E-state index >= 15 is 0 Å². The van der Waals surface area contributed by atoms with Gasteiger partial charge in [0.1, 0.15) is 6.10 Å². The lowest BCUT2D eigenvalue weighted by atomic mass is 10.0. The fraction of sp³-hybridized carbons (Fsp3) is 0.500. The lowest BCUT2D eigenvalue weighted by molar-refractivity contribution is 0.323. The Labute approximate surface area is 109 Å². The Bertz CT molecular complexity index is 412. The molecular weight excluding hydrogens is 224 g/mol. The van der Waals surface area contributed by atoms with Gasteiger partial charge in [-0.05, 0) is 25.3 Å². The van der Waals surface area contributed by atoms with Gasteiger partial charge in [0.15, 0.2) is 0 Å². The van der Waals surface area contributed by atoms with Crippen LogP contribution in [0.3, 0.4) is 0 Å². The average molecular weight is 244 g/mol. The van der Waals surface area contributed by atoms with Gasteiger partial charge < -0.3 is 9.47 Å². The predicted octanol–water partition coefficient (Wildman–Crippen LogP) is 3.64. The minimum absolute atomic E-state index is 0.312. The van der Waals surface area contributed by atoms with E-state index in [2.05, 4.69) is 43.3 Å². The first-order chi connectivity index (χ1) is 8.88. The summed E-state index contributed by atoms with van der Waals surface area (Å²) in [4.78, 5) is 0. The summed E-state index contributed by atoms with van der Waals surface area (Å²) in [6.07, 6.45) is 9.25. The highest BCUT2D eigenvalue weighted by Crippen LogP contribution is 2.45. The molecule has 0 saturated carbocycles. The highest BCUT2D eigenvalue weighted by atomic mass is 16.6. The van der Waals surface area contributed by atoms with E-state index in [0.717, 1.165) is 19.3 Å². The quantitative estimate of drug-likeness (QED) is 0.564. The second kappa shape index (κ2) is 5.25. The Morgan fingerprint density at radius 2 is 1.89 bits per heavy atom. The second-order valence-electron chi connectivity index (χ2n) is 5.10. The third-order valence-electron chi connectivity index (χ3n) is 3.72. The molecule has 4 atom stereocenters. The molecule has 3 rings (SSSR count). The highest BCUT2D eigenvalue weighted by Gasteiger charge is 2.48. The molecule has 1 aromatic rings. The summed E-state index contributed by atoms with van der Waals surface area (Å²) >= 11 is 0. The molecule has 2 heterocycles. The van der Waals surface area contributed by atoms with Crippen molar-refractivity contribution in [1.29, 1.82) is 0 Å². The monoisotopic (exact) mass is 244 g/mol. The van der Waals surface area contributed by atoms with Gasteiger partial charge in [-0.3, -0.25) is 0 Å². The van der Waals surface area contributed by atoms with E-state index in [1.165, 1.54) is 5.56 Å². The number of epoxide rings is 2. The fourth-order valence-electron chi connectivity index (χ4n) is 2.55. The number of ether oxygens (including phenoxy) is 2. The molecular formula is C16H20O2. The maximum atomic E-state index is 5.73. The van der Waals surface area contributed by atoms with Crippen molar-refractivity contribution in [3.05, 3.63) is 48.0 Å². The highest BCUT2D eigenvalue weighted by molar-refractivity contribution is 5.22. The summed E-state index contributed by atoms with van der Waals surface area (Å²) in [5.41, 5.74) is 1.30. The molecule has 0 N–H and O–H groups in total. The Morgan fingerprint density at radius 3 is 2.67 bits per heavy atom. The van der Waals surface area contributed by atoms with Gasteiger partial charge in [-0.15, -0.1) is 0 Å². The Morgan fingerprint density at radius 1 is 1.06 bits per heavy atom. The van der Waals surface area contributed by atoms with Crippen LogP contribution in [0.25, 0.3) is 0 Å². The van der Waals surface area contributed by atoms with E-state index < -0.39 is 0 Å². The number of hydrogen-bond donors (Lipinski definition) is 0. The van der Waals surface area contributed by atoms with Crippen LogP contribution < -0.4 is 0 Å². The SMILES string of the molecule is CC=CCCC1OC1CC1OC1c1ccccc1. The van der Waals surface area contributed by atoms with Crippen LogP contribution in [0.2, 0.25) is 0 Å². The zero-order chi connectivity index (χ0) is 12.4. The van der Waals surface area contributed by atoms with Crippen LogP contribution in [0.5, 0.6) is 0 Å². The molecule has 4 unspecified atom stereocenters. The van der Waals surface area contributed by atoms with Crippen LogP contribution in [0.1, 0.15) is 37.9 Å². The molecule has 0 bridgehead atoms.